The molecule has 2 rings (SSSR count). The average Bonchev–Trinajstić information content (AvgIpc) is 2.67. The Bertz CT molecular complexity index is 866. The van der Waals surface area contributed by atoms with E-state index < -0.39 is 10.0 Å². The molecule has 8 nitrogen and oxygen atoms in total. The van der Waals surface area contributed by atoms with E-state index in [0.29, 0.717) is 23.8 Å². The summed E-state index contributed by atoms with van der Waals surface area (Å²) in [6.07, 6.45) is 0. The van der Waals surface area contributed by atoms with E-state index in [1.165, 1.54) is 31.4 Å². The SMILES string of the molecule is COC[C@@H](C)NC(=O)COc1ccc(S(=O)(=O)Nc2ccc(OC)cc2)cc1. The van der Waals surface area contributed by atoms with Crippen molar-refractivity contribution in [3.63, 3.8) is 0 Å². The molecule has 0 bridgehead atoms. The fourth-order valence-electron chi connectivity index (χ4n) is 2.35. The Kier molecular flexibility index (Phi) is 7.65. The molecule has 28 heavy (non-hydrogen) atoms. The summed E-state index contributed by atoms with van der Waals surface area (Å²) in [6, 6.07) is 12.2. The number of ether oxygens (including phenoxy) is 3. The van der Waals surface area contributed by atoms with Crippen molar-refractivity contribution in [2.75, 3.05) is 32.2 Å². The second-order valence-corrected chi connectivity index (χ2v) is 7.70. The maximum absolute atomic E-state index is 12.5. The van der Waals surface area contributed by atoms with E-state index in [1.807, 2.05) is 6.92 Å². The van der Waals surface area contributed by atoms with Crippen molar-refractivity contribution >= 4 is 21.6 Å². The van der Waals surface area contributed by atoms with Gasteiger partial charge in [-0.2, -0.15) is 0 Å². The molecule has 152 valence electrons. The Balaban J connectivity index is 1.94. The minimum Gasteiger partial charge on any atom is -0.497 e. The van der Waals surface area contributed by atoms with Crippen molar-refractivity contribution in [1.82, 2.24) is 5.32 Å². The topological polar surface area (TPSA) is 103 Å². The molecule has 0 heterocycles. The predicted molar refractivity (Wildman–Crippen MR) is 105 cm³/mol. The molecule has 2 N–H and O–H groups in total. The van der Waals surface area contributed by atoms with Gasteiger partial charge in [-0.25, -0.2) is 8.42 Å². The lowest BCUT2D eigenvalue weighted by molar-refractivity contribution is -0.124. The van der Waals surface area contributed by atoms with Crippen LogP contribution in [0.1, 0.15) is 6.92 Å². The normalized spacial score (nSPS) is 12.1. The van der Waals surface area contributed by atoms with E-state index in [-0.39, 0.29) is 23.5 Å². The predicted octanol–water partition coefficient (Wildman–Crippen LogP) is 2.03. The van der Waals surface area contributed by atoms with Crippen LogP contribution in [0.4, 0.5) is 5.69 Å². The first-order valence-corrected chi connectivity index (χ1v) is 10.0. The van der Waals surface area contributed by atoms with Gasteiger partial charge in [0.25, 0.3) is 15.9 Å². The average molecular weight is 408 g/mol. The van der Waals surface area contributed by atoms with Crippen molar-refractivity contribution in [3.05, 3.63) is 48.5 Å². The molecule has 0 fully saturated rings. The number of rotatable bonds is 10. The van der Waals surface area contributed by atoms with Crippen LogP contribution in [0.2, 0.25) is 0 Å². The van der Waals surface area contributed by atoms with Crippen LogP contribution in [0, 0.1) is 0 Å². The van der Waals surface area contributed by atoms with Crippen molar-refractivity contribution in [1.29, 1.82) is 0 Å². The van der Waals surface area contributed by atoms with Crippen LogP contribution < -0.4 is 19.5 Å². The summed E-state index contributed by atoms with van der Waals surface area (Å²) in [6.45, 7) is 2.04. The maximum atomic E-state index is 12.5. The summed E-state index contributed by atoms with van der Waals surface area (Å²) in [4.78, 5) is 11.8. The molecule has 0 aliphatic rings. The van der Waals surface area contributed by atoms with Crippen LogP contribution in [-0.2, 0) is 19.6 Å². The highest BCUT2D eigenvalue weighted by Crippen LogP contribution is 2.21. The molecule has 0 aliphatic carbocycles. The highest BCUT2D eigenvalue weighted by molar-refractivity contribution is 7.92. The van der Waals surface area contributed by atoms with Crippen molar-refractivity contribution in [2.24, 2.45) is 0 Å². The van der Waals surface area contributed by atoms with Crippen LogP contribution in [0.5, 0.6) is 11.5 Å². The molecule has 1 atom stereocenters. The first kappa shape index (κ1) is 21.5. The van der Waals surface area contributed by atoms with Gasteiger partial charge in [0.1, 0.15) is 11.5 Å². The smallest absolute Gasteiger partial charge is 0.261 e. The van der Waals surface area contributed by atoms with Gasteiger partial charge in [0.15, 0.2) is 6.61 Å². The molecular formula is C19H24N2O6S. The van der Waals surface area contributed by atoms with E-state index in [9.17, 15) is 13.2 Å². The summed E-state index contributed by atoms with van der Waals surface area (Å²) in [5.74, 6) is 0.727. The van der Waals surface area contributed by atoms with Crippen LogP contribution in [0.25, 0.3) is 0 Å². The zero-order chi connectivity index (χ0) is 20.6. The van der Waals surface area contributed by atoms with Crippen molar-refractivity contribution in [3.8, 4) is 11.5 Å². The number of carbonyl (C=O) groups excluding carboxylic acids is 1. The third-order valence-corrected chi connectivity index (χ3v) is 5.07. The molecule has 0 saturated heterocycles. The number of sulfonamides is 1. The summed E-state index contributed by atoms with van der Waals surface area (Å²) in [5, 5.41) is 2.72. The molecule has 0 spiro atoms. The third-order valence-electron chi connectivity index (χ3n) is 3.67. The molecule has 1 amide bonds. The van der Waals surface area contributed by atoms with E-state index in [1.54, 1.807) is 31.4 Å². The standard InChI is InChI=1S/C19H24N2O6S/c1-14(12-25-2)20-19(22)13-27-17-8-10-18(11-9-17)28(23,24)21-15-4-6-16(26-3)7-5-15/h4-11,14,21H,12-13H2,1-3H3,(H,20,22)/t14-/m1/s1. The van der Waals surface area contributed by atoms with Gasteiger partial charge in [0, 0.05) is 18.8 Å². The number of hydrogen-bond donors (Lipinski definition) is 2. The van der Waals surface area contributed by atoms with Gasteiger partial charge >= 0.3 is 0 Å². The van der Waals surface area contributed by atoms with Crippen LogP contribution in [-0.4, -0.2) is 47.8 Å². The van der Waals surface area contributed by atoms with Gasteiger partial charge in [-0.05, 0) is 55.5 Å². The Hall–Kier alpha value is -2.78. The molecule has 0 unspecified atom stereocenters. The molecule has 0 aliphatic heterocycles. The lowest BCUT2D eigenvalue weighted by Crippen LogP contribution is -2.38. The minimum absolute atomic E-state index is 0.0776. The molecule has 9 heteroatoms. The number of methoxy groups -OCH3 is 2. The van der Waals surface area contributed by atoms with Gasteiger partial charge in [-0.1, -0.05) is 0 Å². The van der Waals surface area contributed by atoms with E-state index in [2.05, 4.69) is 10.0 Å². The van der Waals surface area contributed by atoms with E-state index >= 15 is 0 Å². The van der Waals surface area contributed by atoms with Gasteiger partial charge < -0.3 is 19.5 Å². The zero-order valence-electron chi connectivity index (χ0n) is 16.0. The number of hydrogen-bond acceptors (Lipinski definition) is 6. The minimum atomic E-state index is -3.74. The van der Waals surface area contributed by atoms with Crippen molar-refractivity contribution in [2.45, 2.75) is 17.9 Å². The van der Waals surface area contributed by atoms with Crippen molar-refractivity contribution < 1.29 is 27.4 Å². The maximum Gasteiger partial charge on any atom is 0.261 e. The van der Waals surface area contributed by atoms with Crippen LogP contribution in [0.15, 0.2) is 53.4 Å². The summed E-state index contributed by atoms with van der Waals surface area (Å²) >= 11 is 0. The Morgan fingerprint density at radius 1 is 1.00 bits per heavy atom. The first-order valence-electron chi connectivity index (χ1n) is 8.52. The molecule has 0 saturated carbocycles. The number of anilines is 1. The van der Waals surface area contributed by atoms with Crippen LogP contribution >= 0.6 is 0 Å². The highest BCUT2D eigenvalue weighted by atomic mass is 32.2. The molecule has 0 aromatic heterocycles. The van der Waals surface area contributed by atoms with Crippen LogP contribution in [0.3, 0.4) is 0 Å². The van der Waals surface area contributed by atoms with E-state index in [0.717, 1.165) is 0 Å². The Labute approximate surface area is 164 Å². The Morgan fingerprint density at radius 2 is 1.61 bits per heavy atom. The van der Waals surface area contributed by atoms with Gasteiger partial charge in [0.05, 0.1) is 18.6 Å². The number of carbonyl (C=O) groups is 1. The lowest BCUT2D eigenvalue weighted by atomic mass is 10.3. The number of nitrogens with one attached hydrogen (secondary N) is 2. The second-order valence-electron chi connectivity index (χ2n) is 6.02. The fraction of sp³-hybridized carbons (Fsp3) is 0.316. The molecule has 2 aromatic carbocycles. The second kappa shape index (κ2) is 9.95. The molecule has 2 aromatic rings. The lowest BCUT2D eigenvalue weighted by Gasteiger charge is -2.13. The summed E-state index contributed by atoms with van der Waals surface area (Å²) in [7, 11) is -0.655. The summed E-state index contributed by atoms with van der Waals surface area (Å²) < 4.78 is 42.8. The molecular weight excluding hydrogens is 384 g/mol. The van der Waals surface area contributed by atoms with Gasteiger partial charge in [-0.3, -0.25) is 9.52 Å². The molecule has 0 radical (unpaired) electrons. The number of amides is 1. The zero-order valence-corrected chi connectivity index (χ0v) is 16.8. The Morgan fingerprint density at radius 3 is 2.18 bits per heavy atom. The monoisotopic (exact) mass is 408 g/mol. The van der Waals surface area contributed by atoms with Gasteiger partial charge in [-0.15, -0.1) is 0 Å². The van der Waals surface area contributed by atoms with Gasteiger partial charge in [0.2, 0.25) is 0 Å². The first-order chi connectivity index (χ1) is 13.3. The largest absolute Gasteiger partial charge is 0.497 e. The third kappa shape index (κ3) is 6.43. The quantitative estimate of drug-likeness (QED) is 0.624. The number of benzene rings is 2. The fourth-order valence-corrected chi connectivity index (χ4v) is 3.40. The summed E-state index contributed by atoms with van der Waals surface area (Å²) in [5.41, 5.74) is 0.419. The van der Waals surface area contributed by atoms with E-state index in [4.69, 9.17) is 14.2 Å². The highest BCUT2D eigenvalue weighted by Gasteiger charge is 2.15.